The molecular weight excluding hydrogens is 328 g/mol. The highest BCUT2D eigenvalue weighted by Crippen LogP contribution is 2.58. The van der Waals surface area contributed by atoms with E-state index in [-0.39, 0.29) is 17.8 Å². The minimum atomic E-state index is -1.41. The fraction of sp³-hybridized carbons (Fsp3) is 0.611. The zero-order valence-electron chi connectivity index (χ0n) is 14.8. The van der Waals surface area contributed by atoms with Crippen LogP contribution in [-0.4, -0.2) is 54.4 Å². The molecule has 1 unspecified atom stereocenters. The average Bonchev–Trinajstić information content (AvgIpc) is 2.59. The van der Waals surface area contributed by atoms with Crippen molar-refractivity contribution < 1.29 is 34.1 Å². The molecule has 0 aromatic rings. The number of aliphatic hydroxyl groups excluding tert-OH is 2. The summed E-state index contributed by atoms with van der Waals surface area (Å²) in [4.78, 5) is 37.1. The van der Waals surface area contributed by atoms with E-state index in [1.54, 1.807) is 13.8 Å². The van der Waals surface area contributed by atoms with E-state index in [0.717, 1.165) is 0 Å². The molecule has 2 aliphatic carbocycles. The quantitative estimate of drug-likeness (QED) is 0.559. The normalized spacial score (nSPS) is 40.4. The number of ketones is 1. The molecule has 1 fully saturated rings. The molecular formula is C18H24O7. The minimum Gasteiger partial charge on any atom is -0.469 e. The van der Waals surface area contributed by atoms with E-state index in [1.165, 1.54) is 26.4 Å². The summed E-state index contributed by atoms with van der Waals surface area (Å²) in [5.41, 5.74) is -2.48. The van der Waals surface area contributed by atoms with Gasteiger partial charge in [-0.3, -0.25) is 14.4 Å². The summed E-state index contributed by atoms with van der Waals surface area (Å²) >= 11 is 0. The Kier molecular flexibility index (Phi) is 4.94. The summed E-state index contributed by atoms with van der Waals surface area (Å²) in [6.45, 7) is 6.92. The van der Waals surface area contributed by atoms with Gasteiger partial charge in [0.05, 0.1) is 32.2 Å². The molecule has 0 amide bonds. The van der Waals surface area contributed by atoms with Crippen molar-refractivity contribution in [2.75, 3.05) is 14.2 Å². The van der Waals surface area contributed by atoms with Crippen LogP contribution < -0.4 is 0 Å². The molecule has 2 aliphatic rings. The van der Waals surface area contributed by atoms with Crippen LogP contribution in [0.2, 0.25) is 0 Å². The van der Waals surface area contributed by atoms with E-state index in [0.29, 0.717) is 0 Å². The Morgan fingerprint density at radius 2 is 1.84 bits per heavy atom. The van der Waals surface area contributed by atoms with E-state index in [1.807, 2.05) is 0 Å². The summed E-state index contributed by atoms with van der Waals surface area (Å²) in [6.07, 6.45) is -0.314. The Morgan fingerprint density at radius 1 is 1.24 bits per heavy atom. The number of ether oxygens (including phenoxy) is 2. The van der Waals surface area contributed by atoms with Crippen LogP contribution in [0, 0.1) is 22.7 Å². The van der Waals surface area contributed by atoms with E-state index in [4.69, 9.17) is 9.47 Å². The van der Waals surface area contributed by atoms with Gasteiger partial charge in [0.25, 0.3) is 0 Å². The van der Waals surface area contributed by atoms with Crippen LogP contribution in [0.1, 0.15) is 20.3 Å². The summed E-state index contributed by atoms with van der Waals surface area (Å²) in [6, 6.07) is 0. The van der Waals surface area contributed by atoms with Crippen molar-refractivity contribution in [1.29, 1.82) is 0 Å². The third-order valence-electron chi connectivity index (χ3n) is 5.84. The topological polar surface area (TPSA) is 110 Å². The maximum Gasteiger partial charge on any atom is 0.315 e. The van der Waals surface area contributed by atoms with Gasteiger partial charge in [0, 0.05) is 17.3 Å². The number of esters is 2. The van der Waals surface area contributed by atoms with Crippen molar-refractivity contribution in [2.45, 2.75) is 32.5 Å². The van der Waals surface area contributed by atoms with Crippen molar-refractivity contribution in [3.05, 3.63) is 24.3 Å². The first kappa shape index (κ1) is 19.3. The van der Waals surface area contributed by atoms with Gasteiger partial charge in [-0.2, -0.15) is 0 Å². The lowest BCUT2D eigenvalue weighted by Gasteiger charge is -2.56. The molecule has 7 nitrogen and oxygen atoms in total. The largest absolute Gasteiger partial charge is 0.469 e. The lowest BCUT2D eigenvalue weighted by Crippen LogP contribution is -2.64. The molecule has 0 aromatic carbocycles. The second kappa shape index (κ2) is 6.38. The summed E-state index contributed by atoms with van der Waals surface area (Å²) in [5.74, 6) is -3.33. The Morgan fingerprint density at radius 3 is 2.36 bits per heavy atom. The molecule has 0 saturated heterocycles. The first-order chi connectivity index (χ1) is 11.5. The third kappa shape index (κ3) is 2.62. The van der Waals surface area contributed by atoms with Crippen LogP contribution in [0.3, 0.4) is 0 Å². The van der Waals surface area contributed by atoms with Crippen LogP contribution in [-0.2, 0) is 23.9 Å². The molecule has 138 valence electrons. The fourth-order valence-corrected chi connectivity index (χ4v) is 4.41. The molecule has 1 saturated carbocycles. The highest BCUT2D eigenvalue weighted by atomic mass is 16.5. The molecule has 0 radical (unpaired) electrons. The fourth-order valence-electron chi connectivity index (χ4n) is 4.41. The van der Waals surface area contributed by atoms with Gasteiger partial charge in [-0.25, -0.2) is 0 Å². The Balaban J connectivity index is 2.67. The van der Waals surface area contributed by atoms with Gasteiger partial charge in [0.1, 0.15) is 6.10 Å². The van der Waals surface area contributed by atoms with E-state index >= 15 is 0 Å². The van der Waals surface area contributed by atoms with E-state index in [2.05, 4.69) is 6.58 Å². The second-order valence-corrected chi connectivity index (χ2v) is 7.08. The summed E-state index contributed by atoms with van der Waals surface area (Å²) in [7, 11) is 2.44. The number of carbonyl (C=O) groups excluding carboxylic acids is 3. The van der Waals surface area contributed by atoms with Crippen molar-refractivity contribution in [1.82, 2.24) is 0 Å². The molecule has 2 N–H and O–H groups in total. The van der Waals surface area contributed by atoms with Crippen LogP contribution in [0.25, 0.3) is 0 Å². The number of aliphatic hydroxyl groups is 2. The predicted octanol–water partition coefficient (Wildman–Crippen LogP) is 0.398. The predicted molar refractivity (Wildman–Crippen MR) is 87.1 cm³/mol. The lowest BCUT2D eigenvalue weighted by molar-refractivity contribution is -0.179. The molecule has 0 aromatic heterocycles. The van der Waals surface area contributed by atoms with Gasteiger partial charge >= 0.3 is 11.9 Å². The monoisotopic (exact) mass is 352 g/mol. The molecule has 7 heteroatoms. The highest BCUT2D eigenvalue weighted by Gasteiger charge is 2.65. The number of hydrogen-bond donors (Lipinski definition) is 2. The van der Waals surface area contributed by atoms with Gasteiger partial charge in [-0.15, -0.1) is 0 Å². The Bertz CT molecular complexity index is 652. The molecule has 0 aliphatic heterocycles. The lowest BCUT2D eigenvalue weighted by atomic mass is 9.46. The molecule has 0 heterocycles. The van der Waals surface area contributed by atoms with Crippen LogP contribution >= 0.6 is 0 Å². The number of allylic oxidation sites excluding steroid dienone is 1. The Hall–Kier alpha value is -1.99. The van der Waals surface area contributed by atoms with Crippen LogP contribution in [0.15, 0.2) is 24.3 Å². The summed E-state index contributed by atoms with van der Waals surface area (Å²) in [5, 5.41) is 21.1. The van der Waals surface area contributed by atoms with Crippen LogP contribution in [0.4, 0.5) is 0 Å². The van der Waals surface area contributed by atoms with Crippen molar-refractivity contribution in [3.8, 4) is 0 Å². The zero-order chi connectivity index (χ0) is 19.2. The number of carbonyl (C=O) groups is 3. The molecule has 0 spiro atoms. The molecule has 25 heavy (non-hydrogen) atoms. The molecule has 0 bridgehead atoms. The first-order valence-electron chi connectivity index (χ1n) is 7.99. The molecule has 2 rings (SSSR count). The number of methoxy groups -OCH3 is 2. The van der Waals surface area contributed by atoms with Gasteiger partial charge < -0.3 is 19.7 Å². The van der Waals surface area contributed by atoms with E-state index in [9.17, 15) is 24.6 Å². The SMILES string of the molecule is C=C1C(CC(=O)OC)[C@@]2(C)C(=O)C=C[C@@](C)(C(=O)OC)[C@@H]2[C@@H](O)[C@H]1O. The zero-order valence-corrected chi connectivity index (χ0v) is 14.8. The third-order valence-corrected chi connectivity index (χ3v) is 5.84. The molecule has 6 atom stereocenters. The first-order valence-corrected chi connectivity index (χ1v) is 7.99. The maximum atomic E-state index is 12.8. The van der Waals surface area contributed by atoms with E-state index < -0.39 is 46.8 Å². The highest BCUT2D eigenvalue weighted by molar-refractivity contribution is 5.99. The van der Waals surface area contributed by atoms with Gasteiger partial charge in [0.15, 0.2) is 5.78 Å². The number of fused-ring (bicyclic) bond motifs is 1. The summed E-state index contributed by atoms with van der Waals surface area (Å²) < 4.78 is 9.56. The van der Waals surface area contributed by atoms with Crippen molar-refractivity contribution in [2.24, 2.45) is 22.7 Å². The smallest absolute Gasteiger partial charge is 0.315 e. The Labute approximate surface area is 146 Å². The number of rotatable bonds is 3. The minimum absolute atomic E-state index is 0.174. The van der Waals surface area contributed by atoms with Gasteiger partial charge in [0.2, 0.25) is 0 Å². The van der Waals surface area contributed by atoms with Gasteiger partial charge in [-0.1, -0.05) is 19.6 Å². The van der Waals surface area contributed by atoms with Crippen LogP contribution in [0.5, 0.6) is 0 Å². The van der Waals surface area contributed by atoms with Gasteiger partial charge in [-0.05, 0) is 18.6 Å². The second-order valence-electron chi connectivity index (χ2n) is 7.08. The van der Waals surface area contributed by atoms with Crippen molar-refractivity contribution in [3.63, 3.8) is 0 Å². The number of hydrogen-bond acceptors (Lipinski definition) is 7. The average molecular weight is 352 g/mol. The standard InChI is InChI=1S/C18H24O7/c1-9-10(8-12(20)24-4)18(3)11(19)6-7-17(2,16(23)25-5)15(18)14(22)13(9)21/h6-7,10,13-15,21-22H,1,8H2,2-5H3/t10?,13-,14-,15-,17+,18-/m0/s1. The maximum absolute atomic E-state index is 12.8. The van der Waals surface area contributed by atoms with Crippen molar-refractivity contribution >= 4 is 17.7 Å².